The van der Waals surface area contributed by atoms with Gasteiger partial charge in [0.15, 0.2) is 0 Å². The molecule has 0 aromatic rings. The van der Waals surface area contributed by atoms with Crippen LogP contribution in [0.2, 0.25) is 0 Å². The Kier molecular flexibility index (Phi) is 5.01. The van der Waals surface area contributed by atoms with Gasteiger partial charge in [-0.1, -0.05) is 6.92 Å². The molecule has 0 saturated heterocycles. The summed E-state index contributed by atoms with van der Waals surface area (Å²) in [6.45, 7) is 5.99. The smallest absolute Gasteiger partial charge is 0.226 e. The van der Waals surface area contributed by atoms with E-state index in [1.807, 2.05) is 0 Å². The van der Waals surface area contributed by atoms with Gasteiger partial charge in [0.1, 0.15) is 0 Å². The molecule has 4 bridgehead atoms. The van der Waals surface area contributed by atoms with Crippen LogP contribution in [0.15, 0.2) is 0 Å². The Morgan fingerprint density at radius 3 is 2.10 bits per heavy atom. The van der Waals surface area contributed by atoms with Crippen molar-refractivity contribution in [3.63, 3.8) is 0 Å². The highest BCUT2D eigenvalue weighted by molar-refractivity contribution is 5.85. The fraction of sp³-hybridized carbons (Fsp3) is 0.938. The number of nitrogens with one attached hydrogen (secondary N) is 2. The van der Waals surface area contributed by atoms with Gasteiger partial charge >= 0.3 is 0 Å². The van der Waals surface area contributed by atoms with Gasteiger partial charge in [-0.15, -0.1) is 12.4 Å². The molecule has 3 nitrogen and oxygen atoms in total. The number of carbonyl (C=O) groups is 1. The molecule has 2 N–H and O–H groups in total. The minimum absolute atomic E-state index is 0. The number of amides is 1. The van der Waals surface area contributed by atoms with E-state index in [0.717, 1.165) is 30.8 Å². The van der Waals surface area contributed by atoms with Gasteiger partial charge in [-0.05, 0) is 69.7 Å². The quantitative estimate of drug-likeness (QED) is 0.820. The van der Waals surface area contributed by atoms with Crippen LogP contribution in [-0.2, 0) is 4.79 Å². The first-order chi connectivity index (χ1) is 9.11. The van der Waals surface area contributed by atoms with Crippen LogP contribution in [0.1, 0.15) is 52.4 Å². The molecular weight excluding hydrogens is 272 g/mol. The summed E-state index contributed by atoms with van der Waals surface area (Å²) in [5.74, 6) is 2.91. The Labute approximate surface area is 129 Å². The van der Waals surface area contributed by atoms with Gasteiger partial charge in [-0.2, -0.15) is 0 Å². The van der Waals surface area contributed by atoms with Crippen LogP contribution >= 0.6 is 12.4 Å². The number of hydrogen-bond acceptors (Lipinski definition) is 2. The molecule has 0 unspecified atom stereocenters. The lowest BCUT2D eigenvalue weighted by atomic mass is 9.49. The van der Waals surface area contributed by atoms with Crippen LogP contribution < -0.4 is 10.6 Å². The Morgan fingerprint density at radius 2 is 1.65 bits per heavy atom. The molecule has 0 aromatic heterocycles. The van der Waals surface area contributed by atoms with Crippen LogP contribution in [-0.4, -0.2) is 25.0 Å². The van der Waals surface area contributed by atoms with Gasteiger partial charge in [0.05, 0.1) is 0 Å². The molecule has 0 aliphatic heterocycles. The van der Waals surface area contributed by atoms with E-state index in [1.165, 1.54) is 38.5 Å². The van der Waals surface area contributed by atoms with Crippen LogP contribution in [0.3, 0.4) is 0 Å². The van der Waals surface area contributed by atoms with Crippen molar-refractivity contribution in [2.24, 2.45) is 23.2 Å². The summed E-state index contributed by atoms with van der Waals surface area (Å²) in [7, 11) is 0. The lowest BCUT2D eigenvalue weighted by Crippen LogP contribution is -2.54. The third-order valence-electron chi connectivity index (χ3n) is 5.64. The highest BCUT2D eigenvalue weighted by atomic mass is 35.5. The van der Waals surface area contributed by atoms with Crippen molar-refractivity contribution in [3.8, 4) is 0 Å². The van der Waals surface area contributed by atoms with Crippen molar-refractivity contribution >= 4 is 18.3 Å². The molecular formula is C16H29ClN2O. The molecule has 20 heavy (non-hydrogen) atoms. The van der Waals surface area contributed by atoms with Gasteiger partial charge in [0, 0.05) is 18.0 Å². The largest absolute Gasteiger partial charge is 0.354 e. The standard InChI is InChI=1S/C16H28N2O.ClH/c1-3-17-11(2)10-18-15(19)16-7-12-4-13(8-16)6-14(5-12)9-16;/h11-14,17H,3-10H2,1-2H3,(H,18,19);1H/t11-,12?,13?,14?,16?;/m1./s1. The lowest BCUT2D eigenvalue weighted by molar-refractivity contribution is -0.146. The lowest BCUT2D eigenvalue weighted by Gasteiger charge is -2.55. The molecule has 4 fully saturated rings. The number of hydrogen-bond donors (Lipinski definition) is 2. The summed E-state index contributed by atoms with van der Waals surface area (Å²) in [5, 5.41) is 6.58. The van der Waals surface area contributed by atoms with Crippen LogP contribution in [0, 0.1) is 23.2 Å². The maximum absolute atomic E-state index is 12.7. The van der Waals surface area contributed by atoms with E-state index in [4.69, 9.17) is 0 Å². The maximum Gasteiger partial charge on any atom is 0.226 e. The molecule has 0 heterocycles. The molecule has 0 spiro atoms. The van der Waals surface area contributed by atoms with Crippen molar-refractivity contribution in [2.75, 3.05) is 13.1 Å². The minimum atomic E-state index is 0. The Bertz CT molecular complexity index is 323. The molecule has 4 saturated carbocycles. The van der Waals surface area contributed by atoms with Crippen LogP contribution in [0.25, 0.3) is 0 Å². The second-order valence-corrected chi connectivity index (χ2v) is 7.37. The van der Waals surface area contributed by atoms with E-state index < -0.39 is 0 Å². The van der Waals surface area contributed by atoms with E-state index in [-0.39, 0.29) is 17.8 Å². The normalized spacial score (nSPS) is 39.2. The van der Waals surface area contributed by atoms with E-state index in [0.29, 0.717) is 11.9 Å². The first-order valence-electron chi connectivity index (χ1n) is 8.13. The van der Waals surface area contributed by atoms with E-state index in [1.54, 1.807) is 0 Å². The topological polar surface area (TPSA) is 41.1 Å². The Balaban J connectivity index is 0.00000147. The fourth-order valence-electron chi connectivity index (χ4n) is 5.24. The molecule has 1 atom stereocenters. The predicted octanol–water partition coefficient (Wildman–Crippen LogP) is 2.74. The summed E-state index contributed by atoms with van der Waals surface area (Å²) in [4.78, 5) is 12.7. The van der Waals surface area contributed by atoms with Gasteiger partial charge in [-0.25, -0.2) is 0 Å². The average molecular weight is 301 g/mol. The van der Waals surface area contributed by atoms with Crippen LogP contribution in [0.5, 0.6) is 0 Å². The zero-order chi connectivity index (χ0) is 13.5. The first kappa shape index (κ1) is 16.1. The van der Waals surface area contributed by atoms with Gasteiger partial charge < -0.3 is 10.6 Å². The minimum Gasteiger partial charge on any atom is -0.354 e. The summed E-state index contributed by atoms with van der Waals surface area (Å²) in [6.07, 6.45) is 7.71. The number of carbonyl (C=O) groups excluding carboxylic acids is 1. The summed E-state index contributed by atoms with van der Waals surface area (Å²) in [5.41, 5.74) is 0.0146. The fourth-order valence-corrected chi connectivity index (χ4v) is 5.24. The molecule has 4 aliphatic carbocycles. The number of rotatable bonds is 5. The SMILES string of the molecule is CCN[C@H](C)CNC(=O)C12CC3CC(CC(C3)C1)C2.Cl. The number of halogens is 1. The van der Waals surface area contributed by atoms with Gasteiger partial charge in [-0.3, -0.25) is 4.79 Å². The third-order valence-corrected chi connectivity index (χ3v) is 5.64. The second-order valence-electron chi connectivity index (χ2n) is 7.37. The Hall–Kier alpha value is -0.280. The van der Waals surface area contributed by atoms with Crippen molar-refractivity contribution in [3.05, 3.63) is 0 Å². The number of likely N-dealkylation sites (N-methyl/N-ethyl adjacent to an activating group) is 1. The average Bonchev–Trinajstić information content (AvgIpc) is 2.34. The van der Waals surface area contributed by atoms with Crippen LogP contribution in [0.4, 0.5) is 0 Å². The molecule has 116 valence electrons. The highest BCUT2D eigenvalue weighted by Crippen LogP contribution is 2.60. The zero-order valence-electron chi connectivity index (χ0n) is 12.8. The first-order valence-corrected chi connectivity index (χ1v) is 8.13. The van der Waals surface area contributed by atoms with Crippen molar-refractivity contribution < 1.29 is 4.79 Å². The third kappa shape index (κ3) is 2.99. The highest BCUT2D eigenvalue weighted by Gasteiger charge is 2.54. The Morgan fingerprint density at radius 1 is 1.15 bits per heavy atom. The summed E-state index contributed by atoms with van der Waals surface area (Å²) < 4.78 is 0. The molecule has 1 amide bonds. The zero-order valence-corrected chi connectivity index (χ0v) is 13.6. The molecule has 4 heteroatoms. The maximum atomic E-state index is 12.7. The predicted molar refractivity (Wildman–Crippen MR) is 84.0 cm³/mol. The van der Waals surface area contributed by atoms with Gasteiger partial charge in [0.2, 0.25) is 5.91 Å². The summed E-state index contributed by atoms with van der Waals surface area (Å²) in [6, 6.07) is 0.378. The van der Waals surface area contributed by atoms with Crippen molar-refractivity contribution in [1.82, 2.24) is 10.6 Å². The summed E-state index contributed by atoms with van der Waals surface area (Å²) >= 11 is 0. The monoisotopic (exact) mass is 300 g/mol. The van der Waals surface area contributed by atoms with Crippen molar-refractivity contribution in [1.29, 1.82) is 0 Å². The van der Waals surface area contributed by atoms with E-state index in [9.17, 15) is 4.79 Å². The van der Waals surface area contributed by atoms with E-state index in [2.05, 4.69) is 24.5 Å². The van der Waals surface area contributed by atoms with E-state index >= 15 is 0 Å². The van der Waals surface area contributed by atoms with Gasteiger partial charge in [0.25, 0.3) is 0 Å². The molecule has 0 radical (unpaired) electrons. The molecule has 4 aliphatic rings. The second kappa shape index (κ2) is 6.23. The molecule has 4 rings (SSSR count). The van der Waals surface area contributed by atoms with Crippen molar-refractivity contribution in [2.45, 2.75) is 58.4 Å². The molecule has 0 aromatic carbocycles.